The van der Waals surface area contributed by atoms with Crippen molar-refractivity contribution in [3.63, 3.8) is 0 Å². The van der Waals surface area contributed by atoms with E-state index >= 15 is 0 Å². The summed E-state index contributed by atoms with van der Waals surface area (Å²) >= 11 is 0. The third kappa shape index (κ3) is 2.95. The van der Waals surface area contributed by atoms with Gasteiger partial charge < -0.3 is 5.32 Å². The van der Waals surface area contributed by atoms with Gasteiger partial charge in [0.05, 0.1) is 15.8 Å². The first kappa shape index (κ1) is 17.9. The van der Waals surface area contributed by atoms with E-state index in [1.165, 1.54) is 6.07 Å². The van der Waals surface area contributed by atoms with Gasteiger partial charge in [0.2, 0.25) is 0 Å². The van der Waals surface area contributed by atoms with Gasteiger partial charge in [0.1, 0.15) is 5.52 Å². The smallest absolute Gasteiger partial charge is 0.278 e. The van der Waals surface area contributed by atoms with Crippen molar-refractivity contribution in [1.29, 1.82) is 0 Å². The van der Waals surface area contributed by atoms with Gasteiger partial charge in [0.15, 0.2) is 5.82 Å². The summed E-state index contributed by atoms with van der Waals surface area (Å²) in [7, 11) is 0. The van der Waals surface area contributed by atoms with Gasteiger partial charge in [-0.1, -0.05) is 36.4 Å². The standard InChI is InChI=1S/C22H18N6O2/c1-15-13-17-18(9-5-10-19(17)28(29)30)27(15)22-24-21(20-11-6-12-26(20)25-22)23-14-16-7-3-2-4-8-16/h2-13H,14H2,1H3,(H,23,24,25). The molecule has 3 heterocycles. The molecule has 2 aromatic carbocycles. The van der Waals surface area contributed by atoms with Gasteiger partial charge in [-0.05, 0) is 36.8 Å². The van der Waals surface area contributed by atoms with E-state index in [2.05, 4.69) is 10.4 Å². The van der Waals surface area contributed by atoms with Gasteiger partial charge in [0.25, 0.3) is 11.6 Å². The molecule has 3 aromatic heterocycles. The third-order valence-electron chi connectivity index (χ3n) is 5.09. The van der Waals surface area contributed by atoms with Crippen LogP contribution in [0.15, 0.2) is 72.9 Å². The number of nitrogens with one attached hydrogen (secondary N) is 1. The number of aromatic nitrogens is 4. The summed E-state index contributed by atoms with van der Waals surface area (Å²) in [5.74, 6) is 1.14. The Kier molecular flexibility index (Phi) is 4.17. The minimum Gasteiger partial charge on any atom is -0.364 e. The van der Waals surface area contributed by atoms with Gasteiger partial charge in [-0.15, -0.1) is 5.10 Å². The molecule has 0 aliphatic rings. The predicted molar refractivity (Wildman–Crippen MR) is 115 cm³/mol. The summed E-state index contributed by atoms with van der Waals surface area (Å²) in [6, 6.07) is 20.8. The number of nitro groups is 1. The number of hydrogen-bond donors (Lipinski definition) is 1. The molecule has 0 radical (unpaired) electrons. The van der Waals surface area contributed by atoms with Gasteiger partial charge in [-0.2, -0.15) is 4.98 Å². The highest BCUT2D eigenvalue weighted by Gasteiger charge is 2.19. The molecule has 5 rings (SSSR count). The third-order valence-corrected chi connectivity index (χ3v) is 5.09. The number of benzene rings is 2. The van der Waals surface area contributed by atoms with Crippen LogP contribution in [0.1, 0.15) is 11.3 Å². The Bertz CT molecular complexity index is 1390. The Labute approximate surface area is 171 Å². The number of fused-ring (bicyclic) bond motifs is 2. The van der Waals surface area contributed by atoms with Crippen molar-refractivity contribution in [3.8, 4) is 5.95 Å². The Morgan fingerprint density at radius 2 is 1.83 bits per heavy atom. The molecule has 0 atom stereocenters. The summed E-state index contributed by atoms with van der Waals surface area (Å²) in [5, 5.41) is 20.0. The molecule has 0 fully saturated rings. The zero-order valence-electron chi connectivity index (χ0n) is 16.2. The van der Waals surface area contributed by atoms with Crippen molar-refractivity contribution in [2.45, 2.75) is 13.5 Å². The van der Waals surface area contributed by atoms with E-state index in [-0.39, 0.29) is 10.6 Å². The number of anilines is 1. The highest BCUT2D eigenvalue weighted by atomic mass is 16.6. The number of rotatable bonds is 5. The molecule has 148 valence electrons. The Morgan fingerprint density at radius 3 is 2.63 bits per heavy atom. The van der Waals surface area contributed by atoms with Crippen molar-refractivity contribution < 1.29 is 4.92 Å². The van der Waals surface area contributed by atoms with Crippen LogP contribution >= 0.6 is 0 Å². The van der Waals surface area contributed by atoms with E-state index in [1.807, 2.05) is 66.2 Å². The largest absolute Gasteiger partial charge is 0.364 e. The average molecular weight is 398 g/mol. The Morgan fingerprint density at radius 1 is 1.03 bits per heavy atom. The highest BCUT2D eigenvalue weighted by molar-refractivity contribution is 5.91. The second-order valence-corrected chi connectivity index (χ2v) is 7.03. The first-order valence-corrected chi connectivity index (χ1v) is 9.51. The van der Waals surface area contributed by atoms with Crippen molar-refractivity contribution in [3.05, 3.63) is 94.3 Å². The van der Waals surface area contributed by atoms with E-state index in [0.717, 1.165) is 16.8 Å². The zero-order chi connectivity index (χ0) is 20.7. The molecule has 8 heteroatoms. The second-order valence-electron chi connectivity index (χ2n) is 7.03. The van der Waals surface area contributed by atoms with Crippen LogP contribution in [-0.2, 0) is 6.54 Å². The van der Waals surface area contributed by atoms with Crippen LogP contribution in [0.3, 0.4) is 0 Å². The van der Waals surface area contributed by atoms with Crippen LogP contribution in [0.2, 0.25) is 0 Å². The van der Waals surface area contributed by atoms with Gasteiger partial charge in [-0.25, -0.2) is 4.52 Å². The van der Waals surface area contributed by atoms with Crippen LogP contribution in [-0.4, -0.2) is 24.1 Å². The van der Waals surface area contributed by atoms with E-state index in [4.69, 9.17) is 4.98 Å². The predicted octanol–water partition coefficient (Wildman–Crippen LogP) is 4.50. The lowest BCUT2D eigenvalue weighted by atomic mass is 10.2. The maximum absolute atomic E-state index is 11.4. The van der Waals surface area contributed by atoms with Crippen molar-refractivity contribution in [2.24, 2.45) is 0 Å². The molecule has 5 aromatic rings. The summed E-state index contributed by atoms with van der Waals surface area (Å²) in [5.41, 5.74) is 3.58. The van der Waals surface area contributed by atoms with E-state index in [0.29, 0.717) is 29.2 Å². The lowest BCUT2D eigenvalue weighted by Gasteiger charge is -2.12. The maximum atomic E-state index is 11.4. The molecule has 0 amide bonds. The molecule has 0 aliphatic carbocycles. The SMILES string of the molecule is Cc1cc2c([N+](=O)[O-])cccc2n1-c1nc(NCc2ccccc2)c2cccn2n1. The van der Waals surface area contributed by atoms with Crippen molar-refractivity contribution >= 4 is 27.9 Å². The molecular weight excluding hydrogens is 380 g/mol. The number of nitrogens with zero attached hydrogens (tertiary/aromatic N) is 5. The first-order valence-electron chi connectivity index (χ1n) is 9.51. The molecular formula is C22H18N6O2. The summed E-state index contributed by atoms with van der Waals surface area (Å²) < 4.78 is 3.60. The zero-order valence-corrected chi connectivity index (χ0v) is 16.2. The minimum absolute atomic E-state index is 0.0684. The summed E-state index contributed by atoms with van der Waals surface area (Å²) in [4.78, 5) is 15.8. The van der Waals surface area contributed by atoms with Crippen molar-refractivity contribution in [1.82, 2.24) is 19.2 Å². The molecule has 1 N–H and O–H groups in total. The highest BCUT2D eigenvalue weighted by Crippen LogP contribution is 2.30. The van der Waals surface area contributed by atoms with Gasteiger partial charge >= 0.3 is 0 Å². The monoisotopic (exact) mass is 398 g/mol. The second kappa shape index (κ2) is 7.00. The molecule has 0 unspecified atom stereocenters. The van der Waals surface area contributed by atoms with Gasteiger partial charge in [0, 0.05) is 24.5 Å². The summed E-state index contributed by atoms with van der Waals surface area (Å²) in [6.45, 7) is 2.51. The Balaban J connectivity index is 1.64. The molecule has 0 saturated heterocycles. The fourth-order valence-corrected chi connectivity index (χ4v) is 3.70. The number of aryl methyl sites for hydroxylation is 1. The average Bonchev–Trinajstić information content (AvgIpc) is 3.35. The molecule has 0 bridgehead atoms. The topological polar surface area (TPSA) is 90.3 Å². The van der Waals surface area contributed by atoms with E-state index in [1.54, 1.807) is 16.6 Å². The molecule has 0 spiro atoms. The van der Waals surface area contributed by atoms with Crippen LogP contribution in [0.4, 0.5) is 11.5 Å². The van der Waals surface area contributed by atoms with Crippen LogP contribution in [0.5, 0.6) is 0 Å². The normalized spacial score (nSPS) is 11.2. The number of nitro benzene ring substituents is 1. The van der Waals surface area contributed by atoms with E-state index < -0.39 is 0 Å². The minimum atomic E-state index is -0.366. The molecule has 30 heavy (non-hydrogen) atoms. The summed E-state index contributed by atoms with van der Waals surface area (Å²) in [6.07, 6.45) is 1.86. The maximum Gasteiger partial charge on any atom is 0.278 e. The van der Waals surface area contributed by atoms with Gasteiger partial charge in [-0.3, -0.25) is 14.7 Å². The van der Waals surface area contributed by atoms with E-state index in [9.17, 15) is 10.1 Å². The number of hydrogen-bond acceptors (Lipinski definition) is 5. The fourth-order valence-electron chi connectivity index (χ4n) is 3.70. The van der Waals surface area contributed by atoms with Crippen molar-refractivity contribution in [2.75, 3.05) is 5.32 Å². The molecule has 0 aliphatic heterocycles. The first-order chi connectivity index (χ1) is 14.6. The van der Waals surface area contributed by atoms with Crippen LogP contribution < -0.4 is 5.32 Å². The Hall–Kier alpha value is -4.20. The molecule has 0 saturated carbocycles. The lowest BCUT2D eigenvalue weighted by molar-refractivity contribution is -0.383. The number of non-ortho nitro benzene ring substituents is 1. The fraction of sp³-hybridized carbons (Fsp3) is 0.0909. The quantitative estimate of drug-likeness (QED) is 0.348. The van der Waals surface area contributed by atoms with Crippen LogP contribution in [0, 0.1) is 17.0 Å². The van der Waals surface area contributed by atoms with Crippen LogP contribution in [0.25, 0.3) is 22.4 Å². The molecule has 8 nitrogen and oxygen atoms in total. The lowest BCUT2D eigenvalue weighted by Crippen LogP contribution is -2.11.